The number of benzene rings is 1. The summed E-state index contributed by atoms with van der Waals surface area (Å²) in [6, 6.07) is 7.93. The number of aromatic nitrogens is 2. The predicted molar refractivity (Wildman–Crippen MR) is 112 cm³/mol. The van der Waals surface area contributed by atoms with Gasteiger partial charge in [-0.15, -0.1) is 0 Å². The van der Waals surface area contributed by atoms with Crippen molar-refractivity contribution in [2.45, 2.75) is 38.6 Å². The fraction of sp³-hybridized carbons (Fsp3) is 0.524. The maximum Gasteiger partial charge on any atom is 0.257 e. The Morgan fingerprint density at radius 3 is 2.61 bits per heavy atom. The van der Waals surface area contributed by atoms with Crippen LogP contribution in [0.4, 0.5) is 5.82 Å². The van der Waals surface area contributed by atoms with Crippen LogP contribution in [0.3, 0.4) is 0 Å². The molecule has 1 aromatic carbocycles. The van der Waals surface area contributed by atoms with Crippen molar-refractivity contribution in [1.29, 1.82) is 0 Å². The topological polar surface area (TPSA) is 94.2 Å². The van der Waals surface area contributed by atoms with Gasteiger partial charge >= 0.3 is 0 Å². The van der Waals surface area contributed by atoms with Crippen molar-refractivity contribution >= 4 is 11.7 Å². The highest BCUT2D eigenvalue weighted by molar-refractivity contribution is 6.04. The molecule has 2 aromatic rings. The molecule has 3 rings (SSSR count). The predicted octanol–water partition coefficient (Wildman–Crippen LogP) is 2.84. The molecule has 1 fully saturated rings. The number of carbonyl (C=O) groups excluding carboxylic acids is 1. The molecular formula is C21H31N5O2. The van der Waals surface area contributed by atoms with Gasteiger partial charge in [-0.25, -0.2) is 4.68 Å². The third-order valence-corrected chi connectivity index (χ3v) is 5.36. The Bertz CT molecular complexity index is 794. The van der Waals surface area contributed by atoms with Crippen LogP contribution in [-0.2, 0) is 0 Å². The third kappa shape index (κ3) is 4.14. The number of ether oxygens (including phenoxy) is 1. The van der Waals surface area contributed by atoms with Crippen LogP contribution < -0.4 is 21.1 Å². The Balaban J connectivity index is 1.85. The minimum absolute atomic E-state index is 0.212. The molecule has 0 bridgehead atoms. The number of hydrogen-bond donors (Lipinski definition) is 3. The molecule has 0 atom stereocenters. The smallest absolute Gasteiger partial charge is 0.257 e. The fourth-order valence-electron chi connectivity index (χ4n) is 3.69. The third-order valence-electron chi connectivity index (χ3n) is 5.36. The van der Waals surface area contributed by atoms with Gasteiger partial charge in [-0.05, 0) is 69.5 Å². The lowest BCUT2D eigenvalue weighted by Gasteiger charge is -2.36. The number of nitrogen functional groups attached to an aromatic ring is 1. The number of nitrogens with zero attached hydrogens (tertiary/aromatic N) is 2. The average molecular weight is 386 g/mol. The van der Waals surface area contributed by atoms with Crippen LogP contribution in [0.2, 0.25) is 0 Å². The summed E-state index contributed by atoms with van der Waals surface area (Å²) in [6.07, 6.45) is 4.21. The minimum atomic E-state index is -0.212. The van der Waals surface area contributed by atoms with E-state index in [1.807, 2.05) is 36.0 Å². The quantitative estimate of drug-likeness (QED) is 0.617. The fourth-order valence-corrected chi connectivity index (χ4v) is 3.69. The van der Waals surface area contributed by atoms with E-state index in [0.717, 1.165) is 43.5 Å². The lowest BCUT2D eigenvalue weighted by Crippen LogP contribution is -2.30. The first kappa shape index (κ1) is 20.2. The summed E-state index contributed by atoms with van der Waals surface area (Å²) >= 11 is 0. The van der Waals surface area contributed by atoms with Gasteiger partial charge in [0, 0.05) is 12.6 Å². The first-order valence-electron chi connectivity index (χ1n) is 10.1. The van der Waals surface area contributed by atoms with E-state index in [9.17, 15) is 4.79 Å². The Morgan fingerprint density at radius 2 is 2.00 bits per heavy atom. The largest absolute Gasteiger partial charge is 0.494 e. The second kappa shape index (κ2) is 9.10. The molecule has 1 aliphatic carbocycles. The molecule has 0 spiro atoms. The molecule has 0 aliphatic heterocycles. The van der Waals surface area contributed by atoms with E-state index in [0.29, 0.717) is 29.6 Å². The number of nitrogens with two attached hydrogens (primary N) is 1. The zero-order valence-electron chi connectivity index (χ0n) is 17.0. The Labute approximate surface area is 166 Å². The lowest BCUT2D eigenvalue weighted by atomic mass is 9.78. The van der Waals surface area contributed by atoms with E-state index >= 15 is 0 Å². The molecule has 1 heterocycles. The van der Waals surface area contributed by atoms with Crippen molar-refractivity contribution in [2.75, 3.05) is 33.0 Å². The van der Waals surface area contributed by atoms with E-state index in [-0.39, 0.29) is 11.9 Å². The van der Waals surface area contributed by atoms with Gasteiger partial charge in [0.2, 0.25) is 0 Å². The number of rotatable bonds is 9. The second-order valence-corrected chi connectivity index (χ2v) is 7.39. The number of hydrogen-bond acceptors (Lipinski definition) is 5. The molecule has 4 N–H and O–H groups in total. The van der Waals surface area contributed by atoms with E-state index in [4.69, 9.17) is 15.6 Å². The zero-order chi connectivity index (χ0) is 20.1. The van der Waals surface area contributed by atoms with Gasteiger partial charge < -0.3 is 21.1 Å². The Kier molecular flexibility index (Phi) is 6.57. The zero-order valence-corrected chi connectivity index (χ0v) is 17.0. The van der Waals surface area contributed by atoms with Gasteiger partial charge in [-0.3, -0.25) is 4.79 Å². The van der Waals surface area contributed by atoms with Gasteiger partial charge in [-0.1, -0.05) is 6.92 Å². The number of carbonyl (C=O) groups is 1. The summed E-state index contributed by atoms with van der Waals surface area (Å²) < 4.78 is 7.49. The molecule has 0 unspecified atom stereocenters. The van der Waals surface area contributed by atoms with Crippen molar-refractivity contribution in [1.82, 2.24) is 20.4 Å². The summed E-state index contributed by atoms with van der Waals surface area (Å²) in [5.41, 5.74) is 8.30. The van der Waals surface area contributed by atoms with Crippen molar-refractivity contribution in [3.05, 3.63) is 29.8 Å². The standard InChI is InChI=1S/C21H31N5O2/c1-4-11-28-17-7-5-15(6-8-17)19-18(21(27)24-3)20(22)26(25-19)16-12-14(13-16)9-10-23-2/h5-8,14,16,23H,4,9-13,22H2,1-3H3,(H,24,27). The van der Waals surface area contributed by atoms with Crippen LogP contribution in [0.25, 0.3) is 11.3 Å². The molecule has 7 heteroatoms. The van der Waals surface area contributed by atoms with Crippen molar-refractivity contribution in [3.63, 3.8) is 0 Å². The number of amides is 1. The molecule has 1 amide bonds. The van der Waals surface area contributed by atoms with Crippen LogP contribution in [0.1, 0.15) is 49.0 Å². The lowest BCUT2D eigenvalue weighted by molar-refractivity contribution is 0.0964. The molecule has 28 heavy (non-hydrogen) atoms. The monoisotopic (exact) mass is 385 g/mol. The summed E-state index contributed by atoms with van der Waals surface area (Å²) in [5, 5.41) is 10.6. The van der Waals surface area contributed by atoms with Gasteiger partial charge in [0.25, 0.3) is 5.91 Å². The van der Waals surface area contributed by atoms with E-state index in [1.165, 1.54) is 0 Å². The van der Waals surface area contributed by atoms with Gasteiger partial charge in [0.05, 0.1) is 12.6 Å². The molecule has 152 valence electrons. The van der Waals surface area contributed by atoms with E-state index in [1.54, 1.807) is 7.05 Å². The molecule has 0 radical (unpaired) electrons. The van der Waals surface area contributed by atoms with E-state index in [2.05, 4.69) is 17.6 Å². The van der Waals surface area contributed by atoms with Crippen molar-refractivity contribution in [3.8, 4) is 17.0 Å². The van der Waals surface area contributed by atoms with Crippen LogP contribution in [-0.4, -0.2) is 42.9 Å². The summed E-state index contributed by atoms with van der Waals surface area (Å²) in [5.74, 6) is 1.72. The van der Waals surface area contributed by atoms with Crippen LogP contribution >= 0.6 is 0 Å². The normalized spacial score (nSPS) is 18.5. The van der Waals surface area contributed by atoms with Crippen LogP contribution in [0.15, 0.2) is 24.3 Å². The van der Waals surface area contributed by atoms with Gasteiger partial charge in [0.1, 0.15) is 22.8 Å². The minimum Gasteiger partial charge on any atom is -0.494 e. The Hall–Kier alpha value is -2.54. The van der Waals surface area contributed by atoms with Crippen molar-refractivity contribution in [2.24, 2.45) is 5.92 Å². The molecule has 1 aliphatic rings. The Morgan fingerprint density at radius 1 is 1.29 bits per heavy atom. The SMILES string of the molecule is CCCOc1ccc(-c2nn(C3CC(CCNC)C3)c(N)c2C(=O)NC)cc1. The second-order valence-electron chi connectivity index (χ2n) is 7.39. The van der Waals surface area contributed by atoms with Crippen molar-refractivity contribution < 1.29 is 9.53 Å². The van der Waals surface area contributed by atoms with Crippen LogP contribution in [0.5, 0.6) is 5.75 Å². The summed E-state index contributed by atoms with van der Waals surface area (Å²) in [7, 11) is 3.59. The highest BCUT2D eigenvalue weighted by atomic mass is 16.5. The first-order chi connectivity index (χ1) is 13.6. The molecule has 0 saturated heterocycles. The average Bonchev–Trinajstić information content (AvgIpc) is 3.02. The molecule has 7 nitrogen and oxygen atoms in total. The van der Waals surface area contributed by atoms with Gasteiger partial charge in [0.15, 0.2) is 0 Å². The highest BCUT2D eigenvalue weighted by Gasteiger charge is 2.34. The molecular weight excluding hydrogens is 354 g/mol. The van der Waals surface area contributed by atoms with Crippen LogP contribution in [0, 0.1) is 5.92 Å². The summed E-state index contributed by atoms with van der Waals surface area (Å²) in [4.78, 5) is 12.5. The first-order valence-corrected chi connectivity index (χ1v) is 10.1. The maximum absolute atomic E-state index is 12.5. The maximum atomic E-state index is 12.5. The summed E-state index contributed by atoms with van der Waals surface area (Å²) in [6.45, 7) is 3.77. The van der Waals surface area contributed by atoms with E-state index < -0.39 is 0 Å². The highest BCUT2D eigenvalue weighted by Crippen LogP contribution is 2.42. The number of anilines is 1. The molecule has 1 aromatic heterocycles. The number of nitrogens with one attached hydrogen (secondary N) is 2. The van der Waals surface area contributed by atoms with Gasteiger partial charge in [-0.2, -0.15) is 5.10 Å². The molecule has 1 saturated carbocycles.